The molecule has 1 fully saturated rings. The smallest absolute Gasteiger partial charge is 0.222 e. The summed E-state index contributed by atoms with van der Waals surface area (Å²) in [6.07, 6.45) is 6.31. The molecule has 1 amide bonds. The molecule has 1 aromatic carbocycles. The van der Waals surface area contributed by atoms with Crippen molar-refractivity contribution < 1.29 is 9.53 Å². The van der Waals surface area contributed by atoms with E-state index in [1.54, 1.807) is 0 Å². The van der Waals surface area contributed by atoms with Crippen LogP contribution < -0.4 is 0 Å². The fourth-order valence-corrected chi connectivity index (χ4v) is 3.84. The molecule has 150 valence electrons. The van der Waals surface area contributed by atoms with Crippen molar-refractivity contribution in [2.45, 2.75) is 58.5 Å². The molecule has 0 radical (unpaired) electrons. The molecule has 0 spiro atoms. The molecule has 0 unspecified atom stereocenters. The summed E-state index contributed by atoms with van der Waals surface area (Å²) in [5.41, 5.74) is 3.49. The molecule has 1 aliphatic heterocycles. The average molecular weight is 382 g/mol. The van der Waals surface area contributed by atoms with Gasteiger partial charge in [0.25, 0.3) is 0 Å². The average Bonchev–Trinajstić information content (AvgIpc) is 2.73. The van der Waals surface area contributed by atoms with Crippen LogP contribution in [-0.4, -0.2) is 40.5 Å². The van der Waals surface area contributed by atoms with Crippen molar-refractivity contribution in [1.82, 2.24) is 14.9 Å². The highest BCUT2D eigenvalue weighted by Crippen LogP contribution is 2.29. The Morgan fingerprint density at radius 3 is 2.68 bits per heavy atom. The highest BCUT2D eigenvalue weighted by Gasteiger charge is 2.26. The van der Waals surface area contributed by atoms with Gasteiger partial charge < -0.3 is 9.64 Å². The molecule has 2 aromatic rings. The van der Waals surface area contributed by atoms with Crippen molar-refractivity contribution in [1.29, 1.82) is 0 Å². The Balaban J connectivity index is 1.50. The van der Waals surface area contributed by atoms with E-state index in [-0.39, 0.29) is 5.91 Å². The number of amides is 1. The molecule has 0 aliphatic carbocycles. The predicted molar refractivity (Wildman–Crippen MR) is 110 cm³/mol. The van der Waals surface area contributed by atoms with E-state index in [1.807, 2.05) is 31.0 Å². The first-order chi connectivity index (χ1) is 13.7. The number of nitrogens with zero attached hydrogens (tertiary/aromatic N) is 3. The van der Waals surface area contributed by atoms with Gasteiger partial charge in [-0.2, -0.15) is 0 Å². The van der Waals surface area contributed by atoms with Gasteiger partial charge in [0, 0.05) is 43.8 Å². The lowest BCUT2D eigenvalue weighted by molar-refractivity contribution is -0.132. The van der Waals surface area contributed by atoms with Gasteiger partial charge in [-0.15, -0.1) is 0 Å². The van der Waals surface area contributed by atoms with Crippen molar-refractivity contribution in [3.63, 3.8) is 0 Å². The first-order valence-corrected chi connectivity index (χ1v) is 10.4. The fraction of sp³-hybridized carbons (Fsp3) is 0.522. The number of benzene rings is 1. The van der Waals surface area contributed by atoms with Crippen molar-refractivity contribution in [2.75, 3.05) is 19.7 Å². The lowest BCUT2D eigenvalue weighted by Gasteiger charge is -2.32. The molecule has 1 saturated heterocycles. The molecule has 5 heteroatoms. The van der Waals surface area contributed by atoms with Gasteiger partial charge in [-0.05, 0) is 45.1 Å². The van der Waals surface area contributed by atoms with E-state index in [1.165, 1.54) is 5.56 Å². The first-order valence-electron chi connectivity index (χ1n) is 10.4. The number of hydrogen-bond acceptors (Lipinski definition) is 4. The number of carbonyl (C=O) groups is 1. The van der Waals surface area contributed by atoms with Crippen molar-refractivity contribution in [3.8, 4) is 0 Å². The van der Waals surface area contributed by atoms with Crippen LogP contribution in [0, 0.1) is 6.92 Å². The number of ether oxygens (including phenoxy) is 1. The van der Waals surface area contributed by atoms with Crippen LogP contribution in [0.5, 0.6) is 0 Å². The molecule has 0 N–H and O–H groups in total. The van der Waals surface area contributed by atoms with E-state index >= 15 is 0 Å². The van der Waals surface area contributed by atoms with Crippen LogP contribution in [0.4, 0.5) is 0 Å². The molecule has 0 atom stereocenters. The highest BCUT2D eigenvalue weighted by atomic mass is 16.5. The van der Waals surface area contributed by atoms with Gasteiger partial charge in [0.2, 0.25) is 5.91 Å². The van der Waals surface area contributed by atoms with Crippen LogP contribution in [-0.2, 0) is 22.6 Å². The molecule has 3 rings (SSSR count). The number of piperidine rings is 1. The lowest BCUT2D eigenvalue weighted by Crippen LogP contribution is -2.38. The van der Waals surface area contributed by atoms with E-state index in [0.29, 0.717) is 25.6 Å². The van der Waals surface area contributed by atoms with Gasteiger partial charge in [0.15, 0.2) is 0 Å². The van der Waals surface area contributed by atoms with Gasteiger partial charge in [0.1, 0.15) is 5.82 Å². The second-order valence-electron chi connectivity index (χ2n) is 7.46. The number of carbonyl (C=O) groups excluding carboxylic acids is 1. The van der Waals surface area contributed by atoms with Crippen LogP contribution in [0.2, 0.25) is 0 Å². The summed E-state index contributed by atoms with van der Waals surface area (Å²) in [4.78, 5) is 23.6. The SMILES string of the molecule is CCOCc1cnc(C)nc1C1CCN(C(=O)CCCc2ccccc2)CC1. The summed E-state index contributed by atoms with van der Waals surface area (Å²) in [6, 6.07) is 10.4. The minimum absolute atomic E-state index is 0.280. The molecular formula is C23H31N3O2. The molecular weight excluding hydrogens is 350 g/mol. The molecule has 5 nitrogen and oxygen atoms in total. The van der Waals surface area contributed by atoms with Gasteiger partial charge in [-0.3, -0.25) is 4.79 Å². The summed E-state index contributed by atoms with van der Waals surface area (Å²) in [5, 5.41) is 0. The Labute approximate surface area is 168 Å². The van der Waals surface area contributed by atoms with Crippen LogP contribution in [0.3, 0.4) is 0 Å². The zero-order valence-corrected chi connectivity index (χ0v) is 17.1. The third-order valence-corrected chi connectivity index (χ3v) is 5.41. The van der Waals surface area contributed by atoms with Gasteiger partial charge in [-0.25, -0.2) is 9.97 Å². The Morgan fingerprint density at radius 1 is 1.21 bits per heavy atom. The van der Waals surface area contributed by atoms with E-state index in [4.69, 9.17) is 9.72 Å². The van der Waals surface area contributed by atoms with Crippen molar-refractivity contribution in [3.05, 3.63) is 59.2 Å². The van der Waals surface area contributed by atoms with Gasteiger partial charge in [0.05, 0.1) is 12.3 Å². The summed E-state index contributed by atoms with van der Waals surface area (Å²) < 4.78 is 5.59. The largest absolute Gasteiger partial charge is 0.377 e. The Bertz CT molecular complexity index is 756. The molecule has 28 heavy (non-hydrogen) atoms. The maximum absolute atomic E-state index is 12.6. The molecule has 1 aromatic heterocycles. The molecule has 0 saturated carbocycles. The maximum atomic E-state index is 12.6. The third-order valence-electron chi connectivity index (χ3n) is 5.41. The van der Waals surface area contributed by atoms with E-state index in [9.17, 15) is 4.79 Å². The summed E-state index contributed by atoms with van der Waals surface area (Å²) in [5.74, 6) is 1.46. The van der Waals surface area contributed by atoms with Gasteiger partial charge >= 0.3 is 0 Å². The number of hydrogen-bond donors (Lipinski definition) is 0. The van der Waals surface area contributed by atoms with E-state index < -0.39 is 0 Å². The Hall–Kier alpha value is -2.27. The second-order valence-corrected chi connectivity index (χ2v) is 7.46. The fourth-order valence-electron chi connectivity index (χ4n) is 3.84. The Morgan fingerprint density at radius 2 is 1.96 bits per heavy atom. The number of aryl methyl sites for hydroxylation is 2. The molecule has 2 heterocycles. The normalized spacial score (nSPS) is 15.0. The van der Waals surface area contributed by atoms with Crippen molar-refractivity contribution in [2.24, 2.45) is 0 Å². The van der Waals surface area contributed by atoms with E-state index in [0.717, 1.165) is 55.9 Å². The van der Waals surface area contributed by atoms with Crippen molar-refractivity contribution >= 4 is 5.91 Å². The Kier molecular flexibility index (Phi) is 7.54. The third kappa shape index (κ3) is 5.61. The zero-order chi connectivity index (χ0) is 19.8. The molecule has 1 aliphatic rings. The highest BCUT2D eigenvalue weighted by molar-refractivity contribution is 5.76. The molecule has 0 bridgehead atoms. The van der Waals surface area contributed by atoms with E-state index in [2.05, 4.69) is 29.2 Å². The number of aromatic nitrogens is 2. The number of likely N-dealkylation sites (tertiary alicyclic amines) is 1. The summed E-state index contributed by atoms with van der Waals surface area (Å²) >= 11 is 0. The maximum Gasteiger partial charge on any atom is 0.222 e. The standard InChI is InChI=1S/C23H31N3O2/c1-3-28-17-21-16-24-18(2)25-23(21)20-12-14-26(15-13-20)22(27)11-7-10-19-8-5-4-6-9-19/h4-6,8-9,16,20H,3,7,10-15,17H2,1-2H3. The summed E-state index contributed by atoms with van der Waals surface area (Å²) in [6.45, 7) is 6.79. The second kappa shape index (κ2) is 10.3. The van der Waals surface area contributed by atoms with Crippen LogP contribution in [0.1, 0.15) is 61.2 Å². The van der Waals surface area contributed by atoms with Crippen LogP contribution in [0.25, 0.3) is 0 Å². The van der Waals surface area contributed by atoms with Gasteiger partial charge in [-0.1, -0.05) is 30.3 Å². The minimum Gasteiger partial charge on any atom is -0.377 e. The predicted octanol–water partition coefficient (Wildman–Crippen LogP) is 4.05. The topological polar surface area (TPSA) is 55.3 Å². The summed E-state index contributed by atoms with van der Waals surface area (Å²) in [7, 11) is 0. The van der Waals surface area contributed by atoms with Crippen LogP contribution in [0.15, 0.2) is 36.5 Å². The first kappa shape index (κ1) is 20.5. The quantitative estimate of drug-likeness (QED) is 0.692. The number of rotatable bonds is 8. The minimum atomic E-state index is 0.280. The monoisotopic (exact) mass is 381 g/mol. The lowest BCUT2D eigenvalue weighted by atomic mass is 9.90. The zero-order valence-electron chi connectivity index (χ0n) is 17.1. The van der Waals surface area contributed by atoms with Crippen LogP contribution >= 0.6 is 0 Å².